The van der Waals surface area contributed by atoms with Gasteiger partial charge in [0.25, 0.3) is 0 Å². The lowest BCUT2D eigenvalue weighted by Gasteiger charge is -2.36. The van der Waals surface area contributed by atoms with Crippen LogP contribution < -0.4 is 0 Å². The molecule has 84 valence electrons. The van der Waals surface area contributed by atoms with Crippen molar-refractivity contribution in [1.29, 1.82) is 0 Å². The summed E-state index contributed by atoms with van der Waals surface area (Å²) in [6, 6.07) is 0. The van der Waals surface area contributed by atoms with Crippen LogP contribution in [0, 0.1) is 16.7 Å². The number of Topliss-reactive ketones (excluding diaryl/α,β-unsaturated/α-hetero) is 1. The molecule has 0 spiro atoms. The van der Waals surface area contributed by atoms with E-state index < -0.39 is 0 Å². The van der Waals surface area contributed by atoms with E-state index in [0.29, 0.717) is 24.9 Å². The van der Waals surface area contributed by atoms with Crippen LogP contribution in [0.2, 0.25) is 0 Å². The van der Waals surface area contributed by atoms with Gasteiger partial charge in [-0.25, -0.2) is 0 Å². The summed E-state index contributed by atoms with van der Waals surface area (Å²) >= 11 is 0. The lowest BCUT2D eigenvalue weighted by Crippen LogP contribution is -2.40. The first kappa shape index (κ1) is 10.9. The number of hydrogen-bond acceptors (Lipinski definition) is 2. The summed E-state index contributed by atoms with van der Waals surface area (Å²) in [7, 11) is 0. The maximum atomic E-state index is 12.1. The molecule has 0 aromatic heterocycles. The van der Waals surface area contributed by atoms with Crippen LogP contribution in [-0.2, 0) is 9.53 Å². The van der Waals surface area contributed by atoms with Crippen molar-refractivity contribution in [3.05, 3.63) is 12.7 Å². The third-order valence-corrected chi connectivity index (χ3v) is 4.72. The Morgan fingerprint density at radius 3 is 2.80 bits per heavy atom. The number of rotatable bonds is 4. The molecule has 0 radical (unpaired) electrons. The highest BCUT2D eigenvalue weighted by atomic mass is 16.5. The molecular weight excluding hydrogens is 188 g/mol. The second-order valence-electron chi connectivity index (χ2n) is 5.47. The fraction of sp³-hybridized carbons (Fsp3) is 0.769. The summed E-state index contributed by atoms with van der Waals surface area (Å²) in [5.74, 6) is 1.00. The Labute approximate surface area is 91.7 Å². The van der Waals surface area contributed by atoms with Gasteiger partial charge in [0.1, 0.15) is 5.78 Å². The van der Waals surface area contributed by atoms with Gasteiger partial charge >= 0.3 is 0 Å². The Hall–Kier alpha value is -0.630. The number of carbonyl (C=O) groups is 1. The van der Waals surface area contributed by atoms with Gasteiger partial charge in [-0.3, -0.25) is 4.79 Å². The smallest absolute Gasteiger partial charge is 0.142 e. The molecule has 2 atom stereocenters. The molecule has 0 aromatic rings. The number of carbonyl (C=O) groups excluding carboxylic acids is 1. The molecule has 0 saturated heterocycles. The average Bonchev–Trinajstić information content (AvgIpc) is 2.52. The molecule has 15 heavy (non-hydrogen) atoms. The topological polar surface area (TPSA) is 26.3 Å². The van der Waals surface area contributed by atoms with Crippen LogP contribution in [0.25, 0.3) is 0 Å². The van der Waals surface area contributed by atoms with Gasteiger partial charge in [-0.05, 0) is 24.2 Å². The fourth-order valence-electron chi connectivity index (χ4n) is 3.42. The van der Waals surface area contributed by atoms with Gasteiger partial charge in [0.05, 0.1) is 18.6 Å². The summed E-state index contributed by atoms with van der Waals surface area (Å²) in [6.45, 7) is 9.22. The first-order valence-corrected chi connectivity index (χ1v) is 5.76. The van der Waals surface area contributed by atoms with Crippen molar-refractivity contribution in [2.45, 2.75) is 33.1 Å². The molecule has 2 heteroatoms. The van der Waals surface area contributed by atoms with E-state index >= 15 is 0 Å². The molecule has 2 rings (SSSR count). The zero-order valence-electron chi connectivity index (χ0n) is 9.71. The van der Waals surface area contributed by atoms with E-state index in [4.69, 9.17) is 4.74 Å². The highest BCUT2D eigenvalue weighted by molar-refractivity contribution is 5.89. The van der Waals surface area contributed by atoms with Crippen molar-refractivity contribution in [3.8, 4) is 0 Å². The zero-order valence-corrected chi connectivity index (χ0v) is 9.71. The van der Waals surface area contributed by atoms with Crippen LogP contribution in [0.3, 0.4) is 0 Å². The zero-order chi connectivity index (χ0) is 11.1. The standard InChI is InChI=1S/C13H20O2/c1-4-7-15-9-13-6-5-10(8-11(13)14)12(13,2)3/h4,10H,1,5-9H2,2-3H3/t10-,13-/m1/s1. The lowest BCUT2D eigenvalue weighted by atomic mass is 9.69. The maximum Gasteiger partial charge on any atom is 0.142 e. The first-order chi connectivity index (χ1) is 7.04. The highest BCUT2D eigenvalue weighted by Crippen LogP contribution is 2.63. The monoisotopic (exact) mass is 208 g/mol. The van der Waals surface area contributed by atoms with Crippen molar-refractivity contribution in [2.75, 3.05) is 13.2 Å². The van der Waals surface area contributed by atoms with E-state index in [1.165, 1.54) is 6.42 Å². The molecular formula is C13H20O2. The molecule has 2 aliphatic rings. The Kier molecular flexibility index (Phi) is 2.50. The highest BCUT2D eigenvalue weighted by Gasteiger charge is 2.64. The minimum atomic E-state index is -0.194. The van der Waals surface area contributed by atoms with Crippen LogP contribution in [0.5, 0.6) is 0 Å². The summed E-state index contributed by atoms with van der Waals surface area (Å²) in [5, 5.41) is 0. The normalized spacial score (nSPS) is 37.2. The second kappa shape index (κ2) is 3.44. The summed E-state index contributed by atoms with van der Waals surface area (Å²) in [4.78, 5) is 12.1. The van der Waals surface area contributed by atoms with Gasteiger partial charge in [0, 0.05) is 6.42 Å². The van der Waals surface area contributed by atoms with Crippen molar-refractivity contribution >= 4 is 5.78 Å². The van der Waals surface area contributed by atoms with Crippen LogP contribution in [0.1, 0.15) is 33.1 Å². The molecule has 2 bridgehead atoms. The predicted molar refractivity (Wildman–Crippen MR) is 59.6 cm³/mol. The minimum Gasteiger partial charge on any atom is -0.376 e. The van der Waals surface area contributed by atoms with E-state index in [1.807, 2.05) is 0 Å². The molecule has 0 heterocycles. The number of ether oxygens (including phenoxy) is 1. The Bertz CT molecular complexity index is 293. The van der Waals surface area contributed by atoms with Crippen molar-refractivity contribution in [3.63, 3.8) is 0 Å². The van der Waals surface area contributed by atoms with Crippen molar-refractivity contribution < 1.29 is 9.53 Å². The van der Waals surface area contributed by atoms with Crippen LogP contribution >= 0.6 is 0 Å². The van der Waals surface area contributed by atoms with E-state index in [0.717, 1.165) is 12.8 Å². The van der Waals surface area contributed by atoms with Gasteiger partial charge in [0.2, 0.25) is 0 Å². The molecule has 0 aromatic carbocycles. The van der Waals surface area contributed by atoms with Gasteiger partial charge in [0.15, 0.2) is 0 Å². The van der Waals surface area contributed by atoms with E-state index in [-0.39, 0.29) is 10.8 Å². The fourth-order valence-corrected chi connectivity index (χ4v) is 3.42. The van der Waals surface area contributed by atoms with Crippen LogP contribution in [-0.4, -0.2) is 19.0 Å². The third-order valence-electron chi connectivity index (χ3n) is 4.72. The van der Waals surface area contributed by atoms with Gasteiger partial charge in [-0.15, -0.1) is 6.58 Å². The Morgan fingerprint density at radius 1 is 1.60 bits per heavy atom. The largest absolute Gasteiger partial charge is 0.376 e. The first-order valence-electron chi connectivity index (χ1n) is 5.76. The van der Waals surface area contributed by atoms with Gasteiger partial charge in [-0.1, -0.05) is 19.9 Å². The SMILES string of the molecule is C=CCOC[C@]12CC[C@H](CC1=O)C2(C)C. The summed E-state index contributed by atoms with van der Waals surface area (Å²) < 4.78 is 5.55. The minimum absolute atomic E-state index is 0.130. The molecule has 2 nitrogen and oxygen atoms in total. The van der Waals surface area contributed by atoms with Gasteiger partial charge < -0.3 is 4.74 Å². The molecule has 0 unspecified atom stereocenters. The van der Waals surface area contributed by atoms with Gasteiger partial charge in [-0.2, -0.15) is 0 Å². The Morgan fingerprint density at radius 2 is 2.33 bits per heavy atom. The van der Waals surface area contributed by atoms with E-state index in [2.05, 4.69) is 20.4 Å². The third kappa shape index (κ3) is 1.31. The second-order valence-corrected chi connectivity index (χ2v) is 5.47. The summed E-state index contributed by atoms with van der Waals surface area (Å²) in [5.41, 5.74) is -0.0636. The van der Waals surface area contributed by atoms with E-state index in [1.54, 1.807) is 6.08 Å². The average molecular weight is 208 g/mol. The number of ketones is 1. The molecule has 0 amide bonds. The number of fused-ring (bicyclic) bond motifs is 2. The molecule has 0 aliphatic heterocycles. The lowest BCUT2D eigenvalue weighted by molar-refractivity contribution is -0.133. The number of hydrogen-bond donors (Lipinski definition) is 0. The molecule has 2 saturated carbocycles. The van der Waals surface area contributed by atoms with E-state index in [9.17, 15) is 4.79 Å². The quantitative estimate of drug-likeness (QED) is 0.524. The molecule has 0 N–H and O–H groups in total. The van der Waals surface area contributed by atoms with Crippen LogP contribution in [0.4, 0.5) is 0 Å². The molecule has 2 fully saturated rings. The summed E-state index contributed by atoms with van der Waals surface area (Å²) in [6.07, 6.45) is 4.72. The van der Waals surface area contributed by atoms with Crippen LogP contribution in [0.15, 0.2) is 12.7 Å². The molecule has 2 aliphatic carbocycles. The maximum absolute atomic E-state index is 12.1. The van der Waals surface area contributed by atoms with Crippen molar-refractivity contribution in [1.82, 2.24) is 0 Å². The Balaban J connectivity index is 2.16. The predicted octanol–water partition coefficient (Wildman–Crippen LogP) is 2.58. The van der Waals surface area contributed by atoms with Crippen molar-refractivity contribution in [2.24, 2.45) is 16.7 Å².